The molecular weight excluding hydrogens is 164 g/mol. The zero-order valence-corrected chi connectivity index (χ0v) is 7.08. The van der Waals surface area contributed by atoms with E-state index < -0.39 is 5.91 Å². The van der Waals surface area contributed by atoms with Gasteiger partial charge in [-0.05, 0) is 17.2 Å². The second kappa shape index (κ2) is 2.94. The standard InChI is InChI=1S/C10H10N2O/c11-10(13)9-5-7-3-1-2-4-8(7)6-12-9/h1-5,12H,6H2,(H2,11,13). The molecule has 1 aliphatic rings. The number of rotatable bonds is 1. The molecule has 0 fully saturated rings. The number of hydrogen-bond acceptors (Lipinski definition) is 2. The first-order valence-electron chi connectivity index (χ1n) is 4.10. The van der Waals surface area contributed by atoms with E-state index in [1.54, 1.807) is 6.08 Å². The summed E-state index contributed by atoms with van der Waals surface area (Å²) in [5.41, 5.74) is 7.89. The molecule has 1 aliphatic heterocycles. The van der Waals surface area contributed by atoms with Crippen LogP contribution in [0.5, 0.6) is 0 Å². The predicted molar refractivity (Wildman–Crippen MR) is 50.5 cm³/mol. The summed E-state index contributed by atoms with van der Waals surface area (Å²) < 4.78 is 0. The molecule has 13 heavy (non-hydrogen) atoms. The van der Waals surface area contributed by atoms with Crippen LogP contribution in [0, 0.1) is 0 Å². The number of hydrogen-bond donors (Lipinski definition) is 2. The molecule has 3 nitrogen and oxygen atoms in total. The van der Waals surface area contributed by atoms with E-state index in [4.69, 9.17) is 5.73 Å². The zero-order chi connectivity index (χ0) is 9.26. The molecule has 0 unspecified atom stereocenters. The van der Waals surface area contributed by atoms with Gasteiger partial charge < -0.3 is 11.1 Å². The number of carbonyl (C=O) groups is 1. The maximum atomic E-state index is 10.9. The largest absolute Gasteiger partial charge is 0.376 e. The van der Waals surface area contributed by atoms with Crippen molar-refractivity contribution in [1.82, 2.24) is 5.32 Å². The van der Waals surface area contributed by atoms with Crippen molar-refractivity contribution in [3.8, 4) is 0 Å². The average Bonchev–Trinajstić information content (AvgIpc) is 2.17. The van der Waals surface area contributed by atoms with Crippen molar-refractivity contribution in [1.29, 1.82) is 0 Å². The fourth-order valence-corrected chi connectivity index (χ4v) is 1.39. The second-order valence-corrected chi connectivity index (χ2v) is 2.97. The number of primary amides is 1. The van der Waals surface area contributed by atoms with E-state index in [0.29, 0.717) is 12.2 Å². The van der Waals surface area contributed by atoms with Crippen LogP contribution < -0.4 is 11.1 Å². The summed E-state index contributed by atoms with van der Waals surface area (Å²) in [4.78, 5) is 10.9. The quantitative estimate of drug-likeness (QED) is 0.655. The van der Waals surface area contributed by atoms with Crippen LogP contribution in [0.4, 0.5) is 0 Å². The Labute approximate surface area is 76.2 Å². The van der Waals surface area contributed by atoms with Crippen LogP contribution in [0.2, 0.25) is 0 Å². The summed E-state index contributed by atoms with van der Waals surface area (Å²) in [6.45, 7) is 0.672. The van der Waals surface area contributed by atoms with E-state index in [9.17, 15) is 4.79 Å². The SMILES string of the molecule is NC(=O)C1=Cc2ccccc2CN1. The van der Waals surface area contributed by atoms with Crippen LogP contribution in [0.15, 0.2) is 30.0 Å². The topological polar surface area (TPSA) is 55.1 Å². The lowest BCUT2D eigenvalue weighted by Crippen LogP contribution is -2.28. The van der Waals surface area contributed by atoms with Gasteiger partial charge in [0.25, 0.3) is 5.91 Å². The number of amides is 1. The van der Waals surface area contributed by atoms with Crippen molar-refractivity contribution in [3.63, 3.8) is 0 Å². The highest BCUT2D eigenvalue weighted by molar-refractivity contribution is 5.96. The van der Waals surface area contributed by atoms with Gasteiger partial charge in [-0.15, -0.1) is 0 Å². The molecule has 0 saturated heterocycles. The molecule has 0 aromatic heterocycles. The third kappa shape index (κ3) is 1.40. The van der Waals surface area contributed by atoms with Crippen molar-refractivity contribution in [3.05, 3.63) is 41.1 Å². The third-order valence-corrected chi connectivity index (χ3v) is 2.09. The van der Waals surface area contributed by atoms with E-state index in [1.807, 2.05) is 24.3 Å². The molecule has 1 aromatic carbocycles. The summed E-state index contributed by atoms with van der Waals surface area (Å²) in [5, 5.41) is 2.96. The third-order valence-electron chi connectivity index (χ3n) is 2.09. The minimum Gasteiger partial charge on any atom is -0.376 e. The van der Waals surface area contributed by atoms with E-state index >= 15 is 0 Å². The average molecular weight is 174 g/mol. The molecule has 66 valence electrons. The van der Waals surface area contributed by atoms with E-state index in [0.717, 1.165) is 5.56 Å². The van der Waals surface area contributed by atoms with E-state index in [-0.39, 0.29) is 0 Å². The van der Waals surface area contributed by atoms with Gasteiger partial charge >= 0.3 is 0 Å². The van der Waals surface area contributed by atoms with Crippen molar-refractivity contribution in [2.24, 2.45) is 5.73 Å². The molecular formula is C10H10N2O. The first-order valence-corrected chi connectivity index (χ1v) is 4.10. The Hall–Kier alpha value is -1.77. The summed E-state index contributed by atoms with van der Waals surface area (Å²) in [5.74, 6) is -0.408. The van der Waals surface area contributed by atoms with Crippen molar-refractivity contribution >= 4 is 12.0 Å². The van der Waals surface area contributed by atoms with Crippen LogP contribution in [0.3, 0.4) is 0 Å². The highest BCUT2D eigenvalue weighted by atomic mass is 16.1. The van der Waals surface area contributed by atoms with Crippen LogP contribution >= 0.6 is 0 Å². The molecule has 3 N–H and O–H groups in total. The summed E-state index contributed by atoms with van der Waals surface area (Å²) in [7, 11) is 0. The monoisotopic (exact) mass is 174 g/mol. The predicted octanol–water partition coefficient (Wildman–Crippen LogP) is 0.616. The molecule has 0 atom stereocenters. The molecule has 0 radical (unpaired) electrons. The van der Waals surface area contributed by atoms with Gasteiger partial charge in [0.05, 0.1) is 0 Å². The minimum absolute atomic E-state index is 0.408. The Morgan fingerprint density at radius 1 is 1.38 bits per heavy atom. The first kappa shape index (κ1) is 7.86. The first-order chi connectivity index (χ1) is 6.27. The molecule has 0 saturated carbocycles. The van der Waals surface area contributed by atoms with E-state index in [1.165, 1.54) is 5.56 Å². The molecule has 3 heteroatoms. The Morgan fingerprint density at radius 3 is 2.92 bits per heavy atom. The van der Waals surface area contributed by atoms with Gasteiger partial charge in [0.2, 0.25) is 0 Å². The van der Waals surface area contributed by atoms with Crippen molar-refractivity contribution < 1.29 is 4.79 Å². The van der Waals surface area contributed by atoms with Crippen LogP contribution in [0.25, 0.3) is 6.08 Å². The molecule has 0 spiro atoms. The number of nitrogens with two attached hydrogens (primary N) is 1. The smallest absolute Gasteiger partial charge is 0.264 e. The van der Waals surface area contributed by atoms with Crippen molar-refractivity contribution in [2.75, 3.05) is 0 Å². The molecule has 1 heterocycles. The highest BCUT2D eigenvalue weighted by Crippen LogP contribution is 2.16. The van der Waals surface area contributed by atoms with Crippen molar-refractivity contribution in [2.45, 2.75) is 6.54 Å². The minimum atomic E-state index is -0.408. The highest BCUT2D eigenvalue weighted by Gasteiger charge is 2.11. The lowest BCUT2D eigenvalue weighted by atomic mass is 10.0. The van der Waals surface area contributed by atoms with Gasteiger partial charge in [0.15, 0.2) is 0 Å². The normalized spacial score (nSPS) is 14.0. The Bertz CT molecular complexity index is 382. The van der Waals surface area contributed by atoms with Gasteiger partial charge in [0.1, 0.15) is 5.70 Å². The Kier molecular flexibility index (Phi) is 1.77. The van der Waals surface area contributed by atoms with Gasteiger partial charge in [-0.3, -0.25) is 4.79 Å². The summed E-state index contributed by atoms with van der Waals surface area (Å²) in [6, 6.07) is 7.92. The molecule has 0 aliphatic carbocycles. The van der Waals surface area contributed by atoms with Gasteiger partial charge in [-0.25, -0.2) is 0 Å². The zero-order valence-electron chi connectivity index (χ0n) is 7.08. The molecule has 1 aromatic rings. The lowest BCUT2D eigenvalue weighted by molar-refractivity contribution is -0.114. The van der Waals surface area contributed by atoms with Gasteiger partial charge in [-0.1, -0.05) is 24.3 Å². The molecule has 1 amide bonds. The van der Waals surface area contributed by atoms with Crippen LogP contribution in [-0.2, 0) is 11.3 Å². The fourth-order valence-electron chi connectivity index (χ4n) is 1.39. The van der Waals surface area contributed by atoms with Crippen LogP contribution in [-0.4, -0.2) is 5.91 Å². The fraction of sp³-hybridized carbons (Fsp3) is 0.100. The number of benzene rings is 1. The maximum absolute atomic E-state index is 10.9. The second-order valence-electron chi connectivity index (χ2n) is 2.97. The number of nitrogens with one attached hydrogen (secondary N) is 1. The Balaban J connectivity index is 2.44. The van der Waals surface area contributed by atoms with Gasteiger partial charge in [0, 0.05) is 6.54 Å². The number of fused-ring (bicyclic) bond motifs is 1. The molecule has 2 rings (SSSR count). The number of carbonyl (C=O) groups excluding carboxylic acids is 1. The molecule has 0 bridgehead atoms. The van der Waals surface area contributed by atoms with Crippen LogP contribution in [0.1, 0.15) is 11.1 Å². The Morgan fingerprint density at radius 2 is 2.15 bits per heavy atom. The maximum Gasteiger partial charge on any atom is 0.264 e. The lowest BCUT2D eigenvalue weighted by Gasteiger charge is -2.16. The van der Waals surface area contributed by atoms with E-state index in [2.05, 4.69) is 5.32 Å². The van der Waals surface area contributed by atoms with Gasteiger partial charge in [-0.2, -0.15) is 0 Å². The summed E-state index contributed by atoms with van der Waals surface area (Å²) >= 11 is 0. The summed E-state index contributed by atoms with van der Waals surface area (Å²) in [6.07, 6.45) is 1.78.